The van der Waals surface area contributed by atoms with Gasteiger partial charge < -0.3 is 43.4 Å². The number of carbonyl (C=O) groups excluding carboxylic acids is 3. The van der Waals surface area contributed by atoms with Gasteiger partial charge in [0.15, 0.2) is 12.0 Å². The van der Waals surface area contributed by atoms with Gasteiger partial charge >= 0.3 is 5.97 Å². The van der Waals surface area contributed by atoms with Crippen molar-refractivity contribution in [2.75, 3.05) is 18.8 Å². The number of carboxylic acid groups (broad SMARTS) is 1. The van der Waals surface area contributed by atoms with E-state index in [-0.39, 0.29) is 18.1 Å². The Morgan fingerprint density at radius 3 is 2.24 bits per heavy atom. The lowest BCUT2D eigenvalue weighted by molar-refractivity contribution is -0.144. The number of hydrogen-bond acceptors (Lipinski definition) is 8. The summed E-state index contributed by atoms with van der Waals surface area (Å²) in [5.41, 5.74) is 16.1. The lowest BCUT2D eigenvalue weighted by atomic mass is 10.1. The number of rotatable bonds is 13. The molecule has 3 amide bonds. The van der Waals surface area contributed by atoms with E-state index in [1.54, 1.807) is 0 Å². The Labute approximate surface area is 173 Å². The van der Waals surface area contributed by atoms with Crippen molar-refractivity contribution in [2.24, 2.45) is 22.2 Å². The number of hydrogen-bond donors (Lipinski definition) is 9. The van der Waals surface area contributed by atoms with Crippen LogP contribution in [0, 0.1) is 0 Å². The molecule has 0 aromatic rings. The van der Waals surface area contributed by atoms with Crippen LogP contribution in [0.3, 0.4) is 0 Å². The summed E-state index contributed by atoms with van der Waals surface area (Å²) in [4.78, 5) is 50.6. The van der Waals surface area contributed by atoms with E-state index < -0.39 is 54.5 Å². The van der Waals surface area contributed by atoms with Crippen LogP contribution in [0.2, 0.25) is 0 Å². The summed E-state index contributed by atoms with van der Waals surface area (Å²) in [6.07, 6.45) is -0.592. The van der Waals surface area contributed by atoms with Crippen molar-refractivity contribution >= 4 is 42.3 Å². The Kier molecular flexibility index (Phi) is 12.4. The first kappa shape index (κ1) is 26.4. The van der Waals surface area contributed by atoms with Crippen molar-refractivity contribution in [2.45, 2.75) is 44.0 Å². The summed E-state index contributed by atoms with van der Waals surface area (Å²) in [6, 6.07) is -3.48. The van der Waals surface area contributed by atoms with Crippen molar-refractivity contribution in [3.05, 3.63) is 0 Å². The fourth-order valence-electron chi connectivity index (χ4n) is 2.03. The third-order valence-electron chi connectivity index (χ3n) is 3.61. The van der Waals surface area contributed by atoms with E-state index in [4.69, 9.17) is 22.3 Å². The molecule has 0 saturated carbocycles. The summed E-state index contributed by atoms with van der Waals surface area (Å²) in [6.45, 7) is 0.948. The maximum absolute atomic E-state index is 12.1. The zero-order chi connectivity index (χ0) is 22.6. The number of amides is 3. The minimum Gasteiger partial charge on any atom is -0.480 e. The average molecular weight is 436 g/mol. The standard InChI is InChI=1S/C15H29N7O6S/c1-7(23)11(14(27)28)22-10(24)5-20-13(26)9(6-29)21-12(25)8(16)3-2-4-19-15(17)18/h7-9,11,23,29H,2-6,16H2,1H3,(H,20,26)(H,21,25)(H,22,24)(H,27,28)(H4,17,18,19). The van der Waals surface area contributed by atoms with Crippen molar-refractivity contribution in [3.63, 3.8) is 0 Å². The largest absolute Gasteiger partial charge is 0.480 e. The molecule has 166 valence electrons. The van der Waals surface area contributed by atoms with Gasteiger partial charge in [-0.1, -0.05) is 0 Å². The minimum absolute atomic E-state index is 0.0641. The molecule has 0 aromatic heterocycles. The SMILES string of the molecule is CC(O)C(NC(=O)CNC(=O)C(CS)NC(=O)C(N)CCCN=C(N)N)C(=O)O. The number of guanidine groups is 1. The van der Waals surface area contributed by atoms with Crippen molar-refractivity contribution in [1.82, 2.24) is 16.0 Å². The molecule has 0 aromatic carbocycles. The number of aliphatic carboxylic acids is 1. The lowest BCUT2D eigenvalue weighted by Gasteiger charge is -2.20. The molecule has 0 heterocycles. The van der Waals surface area contributed by atoms with Crippen LogP contribution in [0.5, 0.6) is 0 Å². The van der Waals surface area contributed by atoms with Crippen molar-refractivity contribution < 1.29 is 29.4 Å². The molecule has 4 atom stereocenters. The Morgan fingerprint density at radius 2 is 1.76 bits per heavy atom. The Balaban J connectivity index is 4.50. The van der Waals surface area contributed by atoms with Crippen LogP contribution in [0.15, 0.2) is 4.99 Å². The van der Waals surface area contributed by atoms with E-state index in [0.29, 0.717) is 13.0 Å². The highest BCUT2D eigenvalue weighted by atomic mass is 32.1. The first-order chi connectivity index (χ1) is 13.5. The molecule has 0 aliphatic heterocycles. The van der Waals surface area contributed by atoms with Gasteiger partial charge in [-0.15, -0.1) is 0 Å². The molecule has 14 heteroatoms. The van der Waals surface area contributed by atoms with E-state index in [9.17, 15) is 24.3 Å². The van der Waals surface area contributed by atoms with Crippen LogP contribution in [0.25, 0.3) is 0 Å². The second kappa shape index (κ2) is 13.6. The number of nitrogens with two attached hydrogens (primary N) is 3. The van der Waals surface area contributed by atoms with Crippen LogP contribution < -0.4 is 33.2 Å². The summed E-state index contributed by atoms with van der Waals surface area (Å²) in [7, 11) is 0. The number of carboxylic acids is 1. The highest BCUT2D eigenvalue weighted by Gasteiger charge is 2.26. The summed E-state index contributed by atoms with van der Waals surface area (Å²) >= 11 is 3.99. The van der Waals surface area contributed by atoms with Crippen LogP contribution >= 0.6 is 12.6 Å². The predicted octanol–water partition coefficient (Wildman–Crippen LogP) is -4.15. The number of aliphatic hydroxyl groups excluding tert-OH is 1. The molecule has 0 radical (unpaired) electrons. The molecular formula is C15H29N7O6S. The van der Waals surface area contributed by atoms with Gasteiger partial charge in [0, 0.05) is 12.3 Å². The van der Waals surface area contributed by atoms with E-state index in [0.717, 1.165) is 0 Å². The number of nitrogens with one attached hydrogen (secondary N) is 3. The molecule has 0 spiro atoms. The number of thiol groups is 1. The number of aliphatic imine (C=N–C) groups is 1. The smallest absolute Gasteiger partial charge is 0.328 e. The third-order valence-corrected chi connectivity index (χ3v) is 3.97. The van der Waals surface area contributed by atoms with E-state index in [1.807, 2.05) is 0 Å². The highest BCUT2D eigenvalue weighted by Crippen LogP contribution is 1.98. The first-order valence-corrected chi connectivity index (χ1v) is 9.33. The van der Waals surface area contributed by atoms with E-state index in [1.165, 1.54) is 6.92 Å². The number of aliphatic hydroxyl groups is 1. The summed E-state index contributed by atoms with van der Waals surface area (Å²) in [5, 5.41) is 24.9. The van der Waals surface area contributed by atoms with Gasteiger partial charge in [-0.05, 0) is 19.8 Å². The molecule has 0 saturated heterocycles. The Morgan fingerprint density at radius 1 is 1.14 bits per heavy atom. The molecule has 13 nitrogen and oxygen atoms in total. The topological polar surface area (TPSA) is 235 Å². The van der Waals surface area contributed by atoms with Gasteiger partial charge in [0.05, 0.1) is 18.7 Å². The van der Waals surface area contributed by atoms with Crippen LogP contribution in [-0.2, 0) is 19.2 Å². The molecule has 0 bridgehead atoms. The number of carbonyl (C=O) groups is 4. The molecular weight excluding hydrogens is 406 g/mol. The van der Waals surface area contributed by atoms with Crippen LogP contribution in [-0.4, -0.2) is 82.9 Å². The summed E-state index contributed by atoms with van der Waals surface area (Å²) in [5.74, 6) is -3.68. The van der Waals surface area contributed by atoms with E-state index >= 15 is 0 Å². The monoisotopic (exact) mass is 435 g/mol. The quantitative estimate of drug-likeness (QED) is 0.0590. The van der Waals surface area contributed by atoms with Gasteiger partial charge in [-0.3, -0.25) is 19.4 Å². The lowest BCUT2D eigenvalue weighted by Crippen LogP contribution is -2.55. The molecule has 11 N–H and O–H groups in total. The van der Waals surface area contributed by atoms with Crippen LogP contribution in [0.4, 0.5) is 0 Å². The van der Waals surface area contributed by atoms with Gasteiger partial charge in [0.2, 0.25) is 17.7 Å². The first-order valence-electron chi connectivity index (χ1n) is 8.69. The highest BCUT2D eigenvalue weighted by molar-refractivity contribution is 7.80. The van der Waals surface area contributed by atoms with Crippen molar-refractivity contribution in [3.8, 4) is 0 Å². The average Bonchev–Trinajstić information content (AvgIpc) is 2.64. The Hall–Kier alpha value is -2.58. The van der Waals surface area contributed by atoms with E-state index in [2.05, 4.69) is 33.6 Å². The molecule has 0 fully saturated rings. The minimum atomic E-state index is -1.52. The molecule has 0 rings (SSSR count). The summed E-state index contributed by atoms with van der Waals surface area (Å²) < 4.78 is 0. The Bertz CT molecular complexity index is 612. The second-order valence-corrected chi connectivity index (χ2v) is 6.51. The zero-order valence-corrected chi connectivity index (χ0v) is 16.9. The van der Waals surface area contributed by atoms with Gasteiger partial charge in [-0.2, -0.15) is 12.6 Å². The zero-order valence-electron chi connectivity index (χ0n) is 16.0. The van der Waals surface area contributed by atoms with Gasteiger partial charge in [-0.25, -0.2) is 4.79 Å². The normalized spacial score (nSPS) is 14.6. The molecule has 0 aliphatic rings. The second-order valence-electron chi connectivity index (χ2n) is 6.14. The third kappa shape index (κ3) is 11.1. The van der Waals surface area contributed by atoms with Gasteiger partial charge in [0.1, 0.15) is 6.04 Å². The predicted molar refractivity (Wildman–Crippen MR) is 108 cm³/mol. The maximum Gasteiger partial charge on any atom is 0.328 e. The molecule has 0 aliphatic carbocycles. The molecule has 29 heavy (non-hydrogen) atoms. The van der Waals surface area contributed by atoms with Crippen LogP contribution in [0.1, 0.15) is 19.8 Å². The maximum atomic E-state index is 12.1. The van der Waals surface area contributed by atoms with Gasteiger partial charge in [0.25, 0.3) is 0 Å². The van der Waals surface area contributed by atoms with Crippen molar-refractivity contribution in [1.29, 1.82) is 0 Å². The fraction of sp³-hybridized carbons (Fsp3) is 0.667. The molecule has 4 unspecified atom stereocenters. The number of nitrogens with zero attached hydrogens (tertiary/aromatic N) is 1. The fourth-order valence-corrected chi connectivity index (χ4v) is 2.28.